The van der Waals surface area contributed by atoms with Crippen LogP contribution in [0.15, 0.2) is 35.5 Å². The summed E-state index contributed by atoms with van der Waals surface area (Å²) >= 11 is 0. The van der Waals surface area contributed by atoms with Crippen molar-refractivity contribution in [1.82, 2.24) is 15.6 Å². The van der Waals surface area contributed by atoms with Gasteiger partial charge in [0.2, 0.25) is 0 Å². The molecule has 5 heteroatoms. The molecule has 2 rings (SSSR count). The summed E-state index contributed by atoms with van der Waals surface area (Å²) in [7, 11) is 1.81. The molecule has 4 nitrogen and oxygen atoms in total. The van der Waals surface area contributed by atoms with E-state index < -0.39 is 0 Å². The number of benzene rings is 1. The number of nitrogens with one attached hydrogen (secondary N) is 3. The number of rotatable bonds is 6. The third-order valence-electron chi connectivity index (χ3n) is 3.41. The number of H-pyrrole nitrogens is 1. The van der Waals surface area contributed by atoms with Crippen molar-refractivity contribution in [3.8, 4) is 0 Å². The largest absolute Gasteiger partial charge is 0.361 e. The predicted molar refractivity (Wildman–Crippen MR) is 102 cm³/mol. The Kier molecular flexibility index (Phi) is 8.19. The van der Waals surface area contributed by atoms with Crippen molar-refractivity contribution in [3.05, 3.63) is 36.0 Å². The Labute approximate surface area is 143 Å². The molecule has 0 radical (unpaired) electrons. The lowest BCUT2D eigenvalue weighted by molar-refractivity contribution is 0.727. The quantitative estimate of drug-likeness (QED) is 0.302. The summed E-state index contributed by atoms with van der Waals surface area (Å²) in [5, 5.41) is 7.98. The van der Waals surface area contributed by atoms with Gasteiger partial charge in [0.25, 0.3) is 0 Å². The van der Waals surface area contributed by atoms with Crippen LogP contribution < -0.4 is 10.6 Å². The molecule has 0 atom stereocenters. The van der Waals surface area contributed by atoms with Gasteiger partial charge in [-0.1, -0.05) is 31.5 Å². The number of aromatic nitrogens is 1. The highest BCUT2D eigenvalue weighted by molar-refractivity contribution is 14.0. The standard InChI is InChI=1S/C16H24N4.HI/c1-3-4-10-18-16(17-2)19-11-9-13-12-20-15-8-6-5-7-14(13)15;/h5-8,12,20H,3-4,9-11H2,1-2H3,(H2,17,18,19);1H. The van der Waals surface area contributed by atoms with Crippen LogP contribution in [-0.4, -0.2) is 31.1 Å². The molecule has 21 heavy (non-hydrogen) atoms. The molecule has 0 aliphatic carbocycles. The molecule has 1 heterocycles. The van der Waals surface area contributed by atoms with Gasteiger partial charge in [-0.3, -0.25) is 4.99 Å². The predicted octanol–water partition coefficient (Wildman–Crippen LogP) is 3.29. The first-order valence-corrected chi connectivity index (χ1v) is 7.34. The van der Waals surface area contributed by atoms with Crippen molar-refractivity contribution < 1.29 is 0 Å². The van der Waals surface area contributed by atoms with E-state index in [0.29, 0.717) is 0 Å². The summed E-state index contributed by atoms with van der Waals surface area (Å²) in [5.41, 5.74) is 2.55. The molecule has 0 aliphatic rings. The van der Waals surface area contributed by atoms with Crippen LogP contribution in [0.1, 0.15) is 25.3 Å². The van der Waals surface area contributed by atoms with E-state index in [1.54, 1.807) is 0 Å². The average molecular weight is 400 g/mol. The number of aliphatic imine (C=N–C) groups is 1. The van der Waals surface area contributed by atoms with Crippen molar-refractivity contribution in [3.63, 3.8) is 0 Å². The summed E-state index contributed by atoms with van der Waals surface area (Å²) < 4.78 is 0. The van der Waals surface area contributed by atoms with Crippen molar-refractivity contribution in [1.29, 1.82) is 0 Å². The molecule has 0 aliphatic heterocycles. The maximum atomic E-state index is 4.23. The van der Waals surface area contributed by atoms with Crippen molar-refractivity contribution in [2.24, 2.45) is 4.99 Å². The molecule has 1 aromatic heterocycles. The first kappa shape index (κ1) is 17.8. The molecule has 0 fully saturated rings. The lowest BCUT2D eigenvalue weighted by Gasteiger charge is -2.11. The summed E-state index contributed by atoms with van der Waals surface area (Å²) in [6.45, 7) is 4.05. The van der Waals surface area contributed by atoms with Gasteiger partial charge in [0, 0.05) is 37.2 Å². The van der Waals surface area contributed by atoms with E-state index in [0.717, 1.165) is 25.5 Å². The summed E-state index contributed by atoms with van der Waals surface area (Å²) in [6.07, 6.45) is 5.45. The van der Waals surface area contributed by atoms with Crippen LogP contribution in [0.4, 0.5) is 0 Å². The fourth-order valence-electron chi connectivity index (χ4n) is 2.26. The number of aromatic amines is 1. The number of unbranched alkanes of at least 4 members (excludes halogenated alkanes) is 1. The summed E-state index contributed by atoms with van der Waals surface area (Å²) in [5.74, 6) is 0.887. The minimum atomic E-state index is 0. The minimum absolute atomic E-state index is 0. The maximum absolute atomic E-state index is 4.23. The molecule has 3 N–H and O–H groups in total. The van der Waals surface area contributed by atoms with E-state index in [4.69, 9.17) is 0 Å². The highest BCUT2D eigenvalue weighted by atomic mass is 127. The fraction of sp³-hybridized carbons (Fsp3) is 0.438. The second-order valence-corrected chi connectivity index (χ2v) is 4.89. The van der Waals surface area contributed by atoms with E-state index in [2.05, 4.69) is 58.0 Å². The number of para-hydroxylation sites is 1. The number of nitrogens with zero attached hydrogens (tertiary/aromatic N) is 1. The fourth-order valence-corrected chi connectivity index (χ4v) is 2.26. The molecule has 0 saturated carbocycles. The Bertz CT molecular complexity index is 562. The Morgan fingerprint density at radius 2 is 1.95 bits per heavy atom. The molecular weight excluding hydrogens is 375 g/mol. The molecule has 0 unspecified atom stereocenters. The highest BCUT2D eigenvalue weighted by Crippen LogP contribution is 2.17. The zero-order valence-corrected chi connectivity index (χ0v) is 15.1. The zero-order chi connectivity index (χ0) is 14.2. The monoisotopic (exact) mass is 400 g/mol. The second-order valence-electron chi connectivity index (χ2n) is 4.89. The number of guanidine groups is 1. The van der Waals surface area contributed by atoms with Crippen LogP contribution in [0.5, 0.6) is 0 Å². The third-order valence-corrected chi connectivity index (χ3v) is 3.41. The van der Waals surface area contributed by atoms with Gasteiger partial charge in [0.1, 0.15) is 0 Å². The van der Waals surface area contributed by atoms with E-state index in [1.165, 1.54) is 29.3 Å². The van der Waals surface area contributed by atoms with Crippen molar-refractivity contribution in [2.75, 3.05) is 20.1 Å². The molecule has 0 saturated heterocycles. The van der Waals surface area contributed by atoms with Crippen LogP contribution in [0, 0.1) is 0 Å². The first-order chi connectivity index (χ1) is 9.85. The molecule has 1 aromatic carbocycles. The zero-order valence-electron chi connectivity index (χ0n) is 12.8. The topological polar surface area (TPSA) is 52.2 Å². The Morgan fingerprint density at radius 1 is 1.19 bits per heavy atom. The molecule has 0 bridgehead atoms. The Hall–Kier alpha value is -1.24. The van der Waals surface area contributed by atoms with Gasteiger partial charge in [-0.25, -0.2) is 0 Å². The molecule has 2 aromatic rings. The first-order valence-electron chi connectivity index (χ1n) is 7.34. The van der Waals surface area contributed by atoms with Crippen LogP contribution in [0.25, 0.3) is 10.9 Å². The van der Waals surface area contributed by atoms with E-state index in [-0.39, 0.29) is 24.0 Å². The van der Waals surface area contributed by atoms with Crippen molar-refractivity contribution in [2.45, 2.75) is 26.2 Å². The van der Waals surface area contributed by atoms with Gasteiger partial charge in [0.15, 0.2) is 5.96 Å². The molecule has 0 spiro atoms. The normalized spacial score (nSPS) is 11.2. The van der Waals surface area contributed by atoms with E-state index in [9.17, 15) is 0 Å². The Morgan fingerprint density at radius 3 is 2.71 bits per heavy atom. The smallest absolute Gasteiger partial charge is 0.190 e. The molecule has 116 valence electrons. The summed E-state index contributed by atoms with van der Waals surface area (Å²) in [4.78, 5) is 7.54. The van der Waals surface area contributed by atoms with Gasteiger partial charge in [-0.05, 0) is 24.5 Å². The van der Waals surface area contributed by atoms with Crippen LogP contribution in [0.3, 0.4) is 0 Å². The third kappa shape index (κ3) is 5.22. The van der Waals surface area contributed by atoms with E-state index in [1.807, 2.05) is 7.05 Å². The minimum Gasteiger partial charge on any atom is -0.361 e. The van der Waals surface area contributed by atoms with Gasteiger partial charge < -0.3 is 15.6 Å². The lowest BCUT2D eigenvalue weighted by atomic mass is 10.1. The number of hydrogen-bond donors (Lipinski definition) is 3. The SMILES string of the molecule is CCCCNC(=NC)NCCc1c[nH]c2ccccc12.I. The van der Waals surface area contributed by atoms with Crippen LogP contribution in [-0.2, 0) is 6.42 Å². The highest BCUT2D eigenvalue weighted by Gasteiger charge is 2.03. The van der Waals surface area contributed by atoms with E-state index >= 15 is 0 Å². The van der Waals surface area contributed by atoms with Crippen molar-refractivity contribution >= 4 is 40.8 Å². The van der Waals surface area contributed by atoms with Crippen LogP contribution >= 0.6 is 24.0 Å². The molecular formula is C16H25IN4. The van der Waals surface area contributed by atoms with Gasteiger partial charge in [0.05, 0.1) is 0 Å². The second kappa shape index (κ2) is 9.65. The van der Waals surface area contributed by atoms with Gasteiger partial charge in [-0.15, -0.1) is 24.0 Å². The maximum Gasteiger partial charge on any atom is 0.190 e. The number of halogens is 1. The number of fused-ring (bicyclic) bond motifs is 1. The lowest BCUT2D eigenvalue weighted by Crippen LogP contribution is -2.38. The van der Waals surface area contributed by atoms with Gasteiger partial charge >= 0.3 is 0 Å². The summed E-state index contributed by atoms with van der Waals surface area (Å²) in [6, 6.07) is 8.41. The number of hydrogen-bond acceptors (Lipinski definition) is 1. The van der Waals surface area contributed by atoms with Crippen LogP contribution in [0.2, 0.25) is 0 Å². The van der Waals surface area contributed by atoms with Gasteiger partial charge in [-0.2, -0.15) is 0 Å². The average Bonchev–Trinajstić information content (AvgIpc) is 2.89. The molecule has 0 amide bonds. The Balaban J connectivity index is 0.00000220.